The Morgan fingerprint density at radius 1 is 0.315 bits per heavy atom. The molecule has 0 nitrogen and oxygen atoms in total. The third-order valence-electron chi connectivity index (χ3n) is 17.9. The zero-order valence-electron chi connectivity index (χ0n) is 40.2. The Labute approximate surface area is 425 Å². The molecule has 1 unspecified atom stereocenters. The van der Waals surface area contributed by atoms with Crippen LogP contribution in [0, 0.1) is 13.8 Å². The van der Waals surface area contributed by atoms with Crippen molar-refractivity contribution in [2.24, 2.45) is 0 Å². The van der Waals surface area contributed by atoms with Crippen LogP contribution in [0.4, 0.5) is 0 Å². The average Bonchev–Trinajstić information content (AvgIpc) is 4.17. The van der Waals surface area contributed by atoms with Gasteiger partial charge in [0, 0.05) is 31.7 Å². The Hall–Kier alpha value is -8.62. The van der Waals surface area contributed by atoms with E-state index in [9.17, 15) is 0 Å². The Balaban J connectivity index is 0.949. The third-order valence-corrected chi connectivity index (χ3v) is 19.1. The molecule has 1 atom stereocenters. The lowest BCUT2D eigenvalue weighted by atomic mass is 9.77. The van der Waals surface area contributed by atoms with E-state index in [1.54, 1.807) is 0 Å². The van der Waals surface area contributed by atoms with E-state index in [-0.39, 0.29) is 5.92 Å². The monoisotopic (exact) mass is 938 g/mol. The number of hydrogen-bond acceptors (Lipinski definition) is 1. The van der Waals surface area contributed by atoms with Gasteiger partial charge >= 0.3 is 0 Å². The number of aryl methyl sites for hydroxylation is 2. The average molecular weight is 939 g/mol. The molecular formula is C72H42S. The first kappa shape index (κ1) is 39.0. The van der Waals surface area contributed by atoms with Crippen LogP contribution in [0.2, 0.25) is 0 Å². The number of rotatable bonds is 3. The molecule has 18 rings (SSSR count). The van der Waals surface area contributed by atoms with Crippen LogP contribution in [0.1, 0.15) is 34.6 Å². The second-order valence-electron chi connectivity index (χ2n) is 21.3. The maximum absolute atomic E-state index is 2.63. The van der Waals surface area contributed by atoms with Gasteiger partial charge in [-0.2, -0.15) is 0 Å². The Bertz CT molecular complexity index is 4990. The lowest BCUT2D eigenvalue weighted by molar-refractivity contribution is 0.883. The van der Waals surface area contributed by atoms with Crippen molar-refractivity contribution in [2.75, 3.05) is 0 Å². The molecule has 1 heterocycles. The first-order valence-corrected chi connectivity index (χ1v) is 26.8. The van der Waals surface area contributed by atoms with Crippen LogP contribution in [0.25, 0.3) is 169 Å². The predicted molar refractivity (Wildman–Crippen MR) is 313 cm³/mol. The standard InChI is InChI=1S/C72H42S/c1-37-13-3-5-15-39(37)64-60-35-58-46-21-11-20-45-43(54-22-12-23-55-44-19-9-10-24-62(44)73-72(54)55)25-26-53(63(45)46)59(58)36-61(60)65(40-16-6-4-14-38(40)2)71-57-34-32-52-50-30-28-48-42-18-8-7-17-41(42)47-27-29-49(67(50)66(47)48)51-31-33-56(70(64)71)69(57)68(51)52/h3-33,35-36,57H,34H2,1-2H3. The van der Waals surface area contributed by atoms with Gasteiger partial charge in [-0.05, 0) is 203 Å². The van der Waals surface area contributed by atoms with E-state index in [1.165, 1.54) is 191 Å². The van der Waals surface area contributed by atoms with E-state index in [2.05, 4.69) is 214 Å². The van der Waals surface area contributed by atoms with Crippen molar-refractivity contribution >= 4 is 91.4 Å². The molecule has 0 radical (unpaired) electrons. The summed E-state index contributed by atoms with van der Waals surface area (Å²) in [7, 11) is 0. The van der Waals surface area contributed by atoms with E-state index in [0.717, 1.165) is 6.42 Å². The largest absolute Gasteiger partial charge is 0.135 e. The molecule has 0 saturated carbocycles. The lowest BCUT2D eigenvalue weighted by Crippen LogP contribution is -2.15. The van der Waals surface area contributed by atoms with E-state index >= 15 is 0 Å². The molecule has 0 saturated heterocycles. The van der Waals surface area contributed by atoms with Gasteiger partial charge in [0.25, 0.3) is 0 Å². The highest BCUT2D eigenvalue weighted by atomic mass is 32.1. The Kier molecular flexibility index (Phi) is 7.31. The highest BCUT2D eigenvalue weighted by Gasteiger charge is 2.40. The molecule has 0 spiro atoms. The lowest BCUT2D eigenvalue weighted by Gasteiger charge is -2.26. The van der Waals surface area contributed by atoms with E-state index < -0.39 is 0 Å². The first-order chi connectivity index (χ1) is 36.1. The summed E-state index contributed by atoms with van der Waals surface area (Å²) in [6, 6.07) is 74.9. The van der Waals surface area contributed by atoms with Gasteiger partial charge in [-0.15, -0.1) is 11.3 Å². The van der Waals surface area contributed by atoms with Crippen molar-refractivity contribution in [3.8, 4) is 89.0 Å². The molecule has 14 aromatic rings. The molecule has 13 aromatic carbocycles. The van der Waals surface area contributed by atoms with Crippen LogP contribution >= 0.6 is 11.3 Å². The van der Waals surface area contributed by atoms with Crippen LogP contribution < -0.4 is 5.22 Å². The summed E-state index contributed by atoms with van der Waals surface area (Å²) in [6.07, 6.45) is 3.58. The van der Waals surface area contributed by atoms with Gasteiger partial charge in [0.05, 0.1) is 0 Å². The van der Waals surface area contributed by atoms with Crippen molar-refractivity contribution in [2.45, 2.75) is 26.2 Å². The quantitative estimate of drug-likeness (QED) is 0.122. The topological polar surface area (TPSA) is 0 Å². The highest BCUT2D eigenvalue weighted by Crippen LogP contribution is 2.62. The van der Waals surface area contributed by atoms with Gasteiger partial charge < -0.3 is 0 Å². The maximum Gasteiger partial charge on any atom is 0.0434 e. The summed E-state index contributed by atoms with van der Waals surface area (Å²) in [5.74, 6) is 0.203. The molecule has 73 heavy (non-hydrogen) atoms. The summed E-state index contributed by atoms with van der Waals surface area (Å²) in [5, 5.41) is 17.8. The molecule has 4 aliphatic carbocycles. The molecule has 0 N–H and O–H groups in total. The van der Waals surface area contributed by atoms with Crippen LogP contribution in [0.3, 0.4) is 0 Å². The predicted octanol–water partition coefficient (Wildman–Crippen LogP) is 19.7. The van der Waals surface area contributed by atoms with Crippen LogP contribution in [-0.4, -0.2) is 0 Å². The van der Waals surface area contributed by atoms with Crippen molar-refractivity contribution < 1.29 is 0 Å². The fourth-order valence-corrected chi connectivity index (χ4v) is 16.2. The van der Waals surface area contributed by atoms with Crippen molar-refractivity contribution in [3.05, 3.63) is 222 Å². The molecule has 0 fully saturated rings. The highest BCUT2D eigenvalue weighted by molar-refractivity contribution is 7.26. The maximum atomic E-state index is 2.63. The van der Waals surface area contributed by atoms with Gasteiger partial charge in [-0.3, -0.25) is 0 Å². The van der Waals surface area contributed by atoms with E-state index in [1.807, 2.05) is 11.3 Å². The molecule has 0 amide bonds. The fourth-order valence-electron chi connectivity index (χ4n) is 15.0. The van der Waals surface area contributed by atoms with Crippen molar-refractivity contribution in [1.82, 2.24) is 0 Å². The number of hydrogen-bond donors (Lipinski definition) is 0. The van der Waals surface area contributed by atoms with Gasteiger partial charge in [-0.1, -0.05) is 182 Å². The summed E-state index contributed by atoms with van der Waals surface area (Å²) in [6.45, 7) is 4.63. The number of benzene rings is 13. The number of thiophene rings is 1. The normalized spacial score (nSPS) is 14.4. The van der Waals surface area contributed by atoms with Crippen molar-refractivity contribution in [1.29, 1.82) is 0 Å². The van der Waals surface area contributed by atoms with E-state index in [0.29, 0.717) is 0 Å². The fraction of sp³-hybridized carbons (Fsp3) is 0.0556. The Morgan fingerprint density at radius 2 is 0.849 bits per heavy atom. The third kappa shape index (κ3) is 4.74. The van der Waals surface area contributed by atoms with Crippen LogP contribution in [-0.2, 0) is 0 Å². The number of fused-ring (bicyclic) bond motifs is 15. The minimum Gasteiger partial charge on any atom is -0.135 e. The molecule has 336 valence electrons. The first-order valence-electron chi connectivity index (χ1n) is 25.9. The van der Waals surface area contributed by atoms with Gasteiger partial charge in [0.15, 0.2) is 0 Å². The minimum absolute atomic E-state index is 0.203. The smallest absolute Gasteiger partial charge is 0.0434 e. The summed E-state index contributed by atoms with van der Waals surface area (Å²) in [4.78, 5) is 0. The van der Waals surface area contributed by atoms with E-state index in [4.69, 9.17) is 0 Å². The van der Waals surface area contributed by atoms with Gasteiger partial charge in [0.2, 0.25) is 0 Å². The second-order valence-corrected chi connectivity index (χ2v) is 22.3. The summed E-state index contributed by atoms with van der Waals surface area (Å²) >= 11 is 1.92. The second kappa shape index (κ2) is 13.7. The van der Waals surface area contributed by atoms with Crippen molar-refractivity contribution in [3.63, 3.8) is 0 Å². The molecular weight excluding hydrogens is 897 g/mol. The zero-order valence-corrected chi connectivity index (χ0v) is 41.1. The SMILES string of the molecule is Cc1ccccc1-c1c2c(c(-c3ccccc3C)c3cc4c(cc13)-c1cccc3c(-c5cccc6c5sc5ccccc56)ccc-4c13)C1CC=c3c4ccc5c6c(ccc(c7ccc-2c1c37)c64)-c1ccccc1-5. The van der Waals surface area contributed by atoms with Gasteiger partial charge in [-0.25, -0.2) is 0 Å². The molecule has 4 aliphatic rings. The van der Waals surface area contributed by atoms with Crippen LogP contribution in [0.15, 0.2) is 194 Å². The summed E-state index contributed by atoms with van der Waals surface area (Å²) in [5.41, 5.74) is 27.2. The van der Waals surface area contributed by atoms with Gasteiger partial charge in [0.1, 0.15) is 0 Å². The minimum atomic E-state index is 0.203. The molecule has 1 aromatic heterocycles. The zero-order chi connectivity index (χ0) is 47.5. The molecule has 0 bridgehead atoms. The molecule has 0 aliphatic heterocycles. The Morgan fingerprint density at radius 3 is 1.60 bits per heavy atom. The molecule has 1 heteroatoms. The van der Waals surface area contributed by atoms with Crippen LogP contribution in [0.5, 0.6) is 0 Å². The summed E-state index contributed by atoms with van der Waals surface area (Å²) < 4.78 is 2.70.